The Morgan fingerprint density at radius 2 is 1.97 bits per heavy atom. The zero-order chi connectivity index (χ0) is 21.9. The van der Waals surface area contributed by atoms with Gasteiger partial charge in [-0.2, -0.15) is 0 Å². The molecule has 0 aliphatic carbocycles. The third-order valence-electron chi connectivity index (χ3n) is 5.73. The van der Waals surface area contributed by atoms with Crippen molar-refractivity contribution in [3.05, 3.63) is 71.3 Å². The quantitative estimate of drug-likeness (QED) is 0.360. The highest BCUT2D eigenvalue weighted by molar-refractivity contribution is 8.26. The van der Waals surface area contributed by atoms with Crippen molar-refractivity contribution >= 4 is 51.2 Å². The fourth-order valence-electron chi connectivity index (χ4n) is 4.14. The number of nitrogens with zero attached hydrogens (tertiary/aromatic N) is 2. The van der Waals surface area contributed by atoms with E-state index in [1.165, 1.54) is 11.8 Å². The lowest BCUT2D eigenvalue weighted by atomic mass is 10.1. The van der Waals surface area contributed by atoms with Crippen molar-refractivity contribution in [2.75, 3.05) is 19.8 Å². The number of carbonyl (C=O) groups is 1. The molecule has 0 bridgehead atoms. The standard InChI is InChI=1S/C25H24N2O3S2/c28-24-23(32-25(31)27(24)17-20-9-6-13-29-20)15-18-16-26(22-11-5-4-10-21(18)22)12-14-30-19-7-2-1-3-8-19/h1-5,7-8,10-11,15-16,20H,6,9,12-14,17H2/b23-15+. The Morgan fingerprint density at radius 1 is 1.16 bits per heavy atom. The molecule has 2 aromatic carbocycles. The average Bonchev–Trinajstić information content (AvgIpc) is 3.51. The summed E-state index contributed by atoms with van der Waals surface area (Å²) in [7, 11) is 0. The van der Waals surface area contributed by atoms with Crippen LogP contribution >= 0.6 is 24.0 Å². The van der Waals surface area contributed by atoms with Crippen LogP contribution in [0.1, 0.15) is 18.4 Å². The van der Waals surface area contributed by atoms with E-state index in [2.05, 4.69) is 22.9 Å². The van der Waals surface area contributed by atoms with Crippen LogP contribution in [0, 0.1) is 0 Å². The predicted molar refractivity (Wildman–Crippen MR) is 133 cm³/mol. The summed E-state index contributed by atoms with van der Waals surface area (Å²) in [6.07, 6.45) is 6.16. The van der Waals surface area contributed by atoms with E-state index in [1.54, 1.807) is 4.90 Å². The lowest BCUT2D eigenvalue weighted by Gasteiger charge is -2.18. The average molecular weight is 465 g/mol. The van der Waals surface area contributed by atoms with E-state index in [9.17, 15) is 4.79 Å². The molecule has 5 rings (SSSR count). The highest BCUT2D eigenvalue weighted by atomic mass is 32.2. The first-order valence-electron chi connectivity index (χ1n) is 10.8. The van der Waals surface area contributed by atoms with E-state index in [4.69, 9.17) is 21.7 Å². The second kappa shape index (κ2) is 9.48. The normalized spacial score (nSPS) is 20.1. The maximum atomic E-state index is 13.0. The molecule has 32 heavy (non-hydrogen) atoms. The maximum Gasteiger partial charge on any atom is 0.266 e. The first-order chi connectivity index (χ1) is 15.7. The zero-order valence-electron chi connectivity index (χ0n) is 17.6. The number of rotatable bonds is 7. The highest BCUT2D eigenvalue weighted by Crippen LogP contribution is 2.35. The molecular weight excluding hydrogens is 440 g/mol. The molecule has 2 aliphatic heterocycles. The molecule has 2 aliphatic rings. The second-order valence-electron chi connectivity index (χ2n) is 7.88. The Balaban J connectivity index is 1.35. The molecule has 7 heteroatoms. The molecule has 0 radical (unpaired) electrons. The van der Waals surface area contributed by atoms with Gasteiger partial charge < -0.3 is 14.0 Å². The molecule has 1 amide bonds. The molecule has 0 spiro atoms. The van der Waals surface area contributed by atoms with Gasteiger partial charge in [-0.05, 0) is 37.1 Å². The van der Waals surface area contributed by atoms with Crippen LogP contribution in [0.5, 0.6) is 5.75 Å². The van der Waals surface area contributed by atoms with Crippen molar-refractivity contribution in [2.24, 2.45) is 0 Å². The lowest BCUT2D eigenvalue weighted by Crippen LogP contribution is -2.35. The molecule has 1 atom stereocenters. The Labute approximate surface area is 197 Å². The number of benzene rings is 2. The van der Waals surface area contributed by atoms with Crippen molar-refractivity contribution in [3.63, 3.8) is 0 Å². The zero-order valence-corrected chi connectivity index (χ0v) is 19.2. The summed E-state index contributed by atoms with van der Waals surface area (Å²) in [5.74, 6) is 0.832. The summed E-state index contributed by atoms with van der Waals surface area (Å²) in [5, 5.41) is 1.11. The van der Waals surface area contributed by atoms with Crippen molar-refractivity contribution in [2.45, 2.75) is 25.5 Å². The molecule has 2 fully saturated rings. The minimum Gasteiger partial charge on any atom is -0.492 e. The van der Waals surface area contributed by atoms with E-state index in [-0.39, 0.29) is 12.0 Å². The van der Waals surface area contributed by atoms with Gasteiger partial charge in [0.1, 0.15) is 16.7 Å². The van der Waals surface area contributed by atoms with E-state index in [0.29, 0.717) is 28.9 Å². The molecule has 1 aromatic heterocycles. The van der Waals surface area contributed by atoms with Crippen LogP contribution < -0.4 is 4.74 Å². The number of thiocarbonyl (C=S) groups is 1. The van der Waals surface area contributed by atoms with Gasteiger partial charge in [-0.3, -0.25) is 9.69 Å². The molecule has 0 N–H and O–H groups in total. The summed E-state index contributed by atoms with van der Waals surface area (Å²) in [5.41, 5.74) is 2.13. The molecule has 5 nitrogen and oxygen atoms in total. The molecular formula is C25H24N2O3S2. The first-order valence-corrected chi connectivity index (χ1v) is 12.0. The third-order valence-corrected chi connectivity index (χ3v) is 7.11. The van der Waals surface area contributed by atoms with Crippen LogP contribution in [-0.2, 0) is 16.1 Å². The fraction of sp³-hybridized carbons (Fsp3) is 0.280. The Morgan fingerprint density at radius 3 is 2.78 bits per heavy atom. The van der Waals surface area contributed by atoms with Crippen LogP contribution in [0.25, 0.3) is 17.0 Å². The van der Waals surface area contributed by atoms with E-state index >= 15 is 0 Å². The van der Waals surface area contributed by atoms with Gasteiger partial charge in [0.25, 0.3) is 5.91 Å². The SMILES string of the molecule is O=C1/C(=C\c2cn(CCOc3ccccc3)c3ccccc23)SC(=S)N1CC1CCCO1. The summed E-state index contributed by atoms with van der Waals surface area (Å²) >= 11 is 6.87. The van der Waals surface area contributed by atoms with Crippen LogP contribution in [0.2, 0.25) is 0 Å². The van der Waals surface area contributed by atoms with Gasteiger partial charge in [-0.1, -0.05) is 60.4 Å². The van der Waals surface area contributed by atoms with Crippen LogP contribution in [0.15, 0.2) is 65.7 Å². The predicted octanol–water partition coefficient (Wildman–Crippen LogP) is 5.10. The van der Waals surface area contributed by atoms with E-state index < -0.39 is 0 Å². The Bertz CT molecular complexity index is 1170. The highest BCUT2D eigenvalue weighted by Gasteiger charge is 2.34. The number of aromatic nitrogens is 1. The van der Waals surface area contributed by atoms with Gasteiger partial charge in [0.2, 0.25) is 0 Å². The van der Waals surface area contributed by atoms with E-state index in [0.717, 1.165) is 41.7 Å². The maximum absolute atomic E-state index is 13.0. The molecule has 3 aromatic rings. The molecule has 164 valence electrons. The summed E-state index contributed by atoms with van der Waals surface area (Å²) in [4.78, 5) is 15.4. The molecule has 0 saturated carbocycles. The molecule has 1 unspecified atom stereocenters. The minimum atomic E-state index is -0.0280. The van der Waals surface area contributed by atoms with Gasteiger partial charge in [0.05, 0.1) is 24.1 Å². The Kier molecular flexibility index (Phi) is 6.30. The smallest absolute Gasteiger partial charge is 0.266 e. The topological polar surface area (TPSA) is 43.7 Å². The number of hydrogen-bond acceptors (Lipinski definition) is 5. The number of hydrogen-bond donors (Lipinski definition) is 0. The third kappa shape index (κ3) is 4.46. The van der Waals surface area contributed by atoms with Crippen molar-refractivity contribution < 1.29 is 14.3 Å². The van der Waals surface area contributed by atoms with Gasteiger partial charge in [0.15, 0.2) is 0 Å². The van der Waals surface area contributed by atoms with Gasteiger partial charge in [-0.15, -0.1) is 0 Å². The second-order valence-corrected chi connectivity index (χ2v) is 9.56. The number of para-hydroxylation sites is 2. The lowest BCUT2D eigenvalue weighted by molar-refractivity contribution is -0.123. The minimum absolute atomic E-state index is 0.0280. The fourth-order valence-corrected chi connectivity index (χ4v) is 5.41. The number of carbonyl (C=O) groups excluding carboxylic acids is 1. The van der Waals surface area contributed by atoms with Gasteiger partial charge in [0, 0.05) is 29.3 Å². The number of amides is 1. The van der Waals surface area contributed by atoms with E-state index in [1.807, 2.05) is 48.5 Å². The number of ether oxygens (including phenoxy) is 2. The summed E-state index contributed by atoms with van der Waals surface area (Å²) in [6, 6.07) is 18.0. The van der Waals surface area contributed by atoms with Crippen molar-refractivity contribution in [3.8, 4) is 5.75 Å². The molecule has 2 saturated heterocycles. The van der Waals surface area contributed by atoms with Crippen molar-refractivity contribution in [1.82, 2.24) is 9.47 Å². The Hall–Kier alpha value is -2.61. The van der Waals surface area contributed by atoms with Crippen LogP contribution in [0.4, 0.5) is 0 Å². The summed E-state index contributed by atoms with van der Waals surface area (Å²) in [6.45, 7) is 2.58. The van der Waals surface area contributed by atoms with Crippen LogP contribution in [0.3, 0.4) is 0 Å². The first kappa shape index (κ1) is 21.2. The van der Waals surface area contributed by atoms with Gasteiger partial charge >= 0.3 is 0 Å². The number of thioether (sulfide) groups is 1. The summed E-state index contributed by atoms with van der Waals surface area (Å²) < 4.78 is 14.4. The monoisotopic (exact) mass is 464 g/mol. The largest absolute Gasteiger partial charge is 0.492 e. The number of fused-ring (bicyclic) bond motifs is 1. The van der Waals surface area contributed by atoms with Crippen LogP contribution in [-0.4, -0.2) is 45.6 Å². The van der Waals surface area contributed by atoms with Crippen molar-refractivity contribution in [1.29, 1.82) is 0 Å². The van der Waals surface area contributed by atoms with Gasteiger partial charge in [-0.25, -0.2) is 0 Å². The molecule has 3 heterocycles.